The first kappa shape index (κ1) is 20.8. The lowest BCUT2D eigenvalue weighted by Crippen LogP contribution is -1.99. The van der Waals surface area contributed by atoms with Crippen molar-refractivity contribution in [1.82, 2.24) is 0 Å². The number of aliphatic hydroxyl groups is 1. The Hall–Kier alpha value is 0.492. The van der Waals surface area contributed by atoms with Crippen molar-refractivity contribution >= 4 is 15.2 Å². The van der Waals surface area contributed by atoms with E-state index in [1.165, 1.54) is 42.7 Å². The number of hydrogen-bond donors (Lipinski definition) is 1. The van der Waals surface area contributed by atoms with E-state index in [9.17, 15) is 0 Å². The van der Waals surface area contributed by atoms with Gasteiger partial charge in [0.05, 0.1) is 0 Å². The quantitative estimate of drug-likeness (QED) is 0.429. The Morgan fingerprint density at radius 3 is 1.61 bits per heavy atom. The minimum Gasteiger partial charge on any atom is -0.396 e. The van der Waals surface area contributed by atoms with Crippen LogP contribution in [0.1, 0.15) is 73.1 Å². The van der Waals surface area contributed by atoms with Crippen molar-refractivity contribution in [2.24, 2.45) is 11.8 Å². The van der Waals surface area contributed by atoms with E-state index >= 15 is 0 Å². The SMILES string of the molecule is CC(C)[CH2][Al][CH2]C(C)C.CCCCCCCCO. The van der Waals surface area contributed by atoms with Crippen LogP contribution in [-0.4, -0.2) is 26.9 Å². The van der Waals surface area contributed by atoms with Crippen molar-refractivity contribution in [1.29, 1.82) is 0 Å². The molecule has 0 aliphatic carbocycles. The first-order valence-electron chi connectivity index (χ1n) is 7.97. The monoisotopic (exact) mass is 271 g/mol. The van der Waals surface area contributed by atoms with Crippen molar-refractivity contribution in [3.05, 3.63) is 0 Å². The summed E-state index contributed by atoms with van der Waals surface area (Å²) in [5.41, 5.74) is 0. The molecule has 0 aromatic carbocycles. The fraction of sp³-hybridized carbons (Fsp3) is 1.00. The van der Waals surface area contributed by atoms with E-state index in [4.69, 9.17) is 5.11 Å². The van der Waals surface area contributed by atoms with Gasteiger partial charge < -0.3 is 5.11 Å². The average molecular weight is 271 g/mol. The molecule has 109 valence electrons. The first-order valence-corrected chi connectivity index (χ1v) is 9.60. The van der Waals surface area contributed by atoms with E-state index in [-0.39, 0.29) is 0 Å². The molecule has 0 fully saturated rings. The highest BCUT2D eigenvalue weighted by Gasteiger charge is 1.98. The molecule has 0 amide bonds. The van der Waals surface area contributed by atoms with Crippen LogP contribution < -0.4 is 0 Å². The average Bonchev–Trinajstić information content (AvgIpc) is 2.29. The molecule has 0 atom stereocenters. The van der Waals surface area contributed by atoms with Crippen molar-refractivity contribution in [2.75, 3.05) is 6.61 Å². The van der Waals surface area contributed by atoms with Gasteiger partial charge in [-0.1, -0.05) is 78.6 Å². The minimum atomic E-state index is 0.367. The number of unbranched alkanes of at least 4 members (excludes halogenated alkanes) is 5. The predicted octanol–water partition coefficient (Wildman–Crippen LogP) is 5.18. The van der Waals surface area contributed by atoms with Crippen LogP contribution in [0.3, 0.4) is 0 Å². The van der Waals surface area contributed by atoms with Gasteiger partial charge in [-0.15, -0.1) is 10.6 Å². The number of hydrogen-bond acceptors (Lipinski definition) is 1. The summed E-state index contributed by atoms with van der Waals surface area (Å²) in [7, 11) is 0. The molecule has 0 bridgehead atoms. The molecule has 1 nitrogen and oxygen atoms in total. The summed E-state index contributed by atoms with van der Waals surface area (Å²) in [4.78, 5) is 0. The Morgan fingerprint density at radius 1 is 0.778 bits per heavy atom. The van der Waals surface area contributed by atoms with Gasteiger partial charge in [0.2, 0.25) is 15.2 Å². The van der Waals surface area contributed by atoms with Gasteiger partial charge in [-0.25, -0.2) is 0 Å². The summed E-state index contributed by atoms with van der Waals surface area (Å²) in [5, 5.41) is 11.4. The van der Waals surface area contributed by atoms with Gasteiger partial charge in [0.1, 0.15) is 0 Å². The third-order valence-electron chi connectivity index (χ3n) is 2.79. The highest BCUT2D eigenvalue weighted by molar-refractivity contribution is 6.35. The van der Waals surface area contributed by atoms with Gasteiger partial charge in [-0.05, 0) is 6.42 Å². The fourth-order valence-electron chi connectivity index (χ4n) is 1.66. The fourth-order valence-corrected chi connectivity index (χ4v) is 3.18. The zero-order valence-electron chi connectivity index (χ0n) is 13.5. The van der Waals surface area contributed by atoms with Crippen LogP contribution in [0.2, 0.25) is 10.6 Å². The number of rotatable bonds is 10. The number of aliphatic hydroxyl groups excluding tert-OH is 1. The Bertz CT molecular complexity index is 121. The van der Waals surface area contributed by atoms with Gasteiger partial charge in [0.25, 0.3) is 0 Å². The van der Waals surface area contributed by atoms with Crippen LogP contribution in [0.5, 0.6) is 0 Å². The Balaban J connectivity index is 0. The Labute approximate surface area is 122 Å². The summed E-state index contributed by atoms with van der Waals surface area (Å²) in [5.74, 6) is 1.86. The van der Waals surface area contributed by atoms with Gasteiger partial charge in [0, 0.05) is 6.61 Å². The second-order valence-electron chi connectivity index (χ2n) is 6.04. The second-order valence-corrected chi connectivity index (χ2v) is 7.56. The van der Waals surface area contributed by atoms with E-state index in [1.807, 2.05) is 0 Å². The normalized spacial score (nSPS) is 10.4. The summed E-state index contributed by atoms with van der Waals surface area (Å²) < 4.78 is 0. The van der Waals surface area contributed by atoms with Crippen molar-refractivity contribution in [2.45, 2.75) is 83.7 Å². The van der Waals surface area contributed by atoms with Crippen molar-refractivity contribution in [3.63, 3.8) is 0 Å². The molecule has 2 heteroatoms. The zero-order valence-corrected chi connectivity index (χ0v) is 14.7. The van der Waals surface area contributed by atoms with Crippen molar-refractivity contribution in [3.8, 4) is 0 Å². The molecule has 0 heterocycles. The van der Waals surface area contributed by atoms with Gasteiger partial charge >= 0.3 is 0 Å². The highest BCUT2D eigenvalue weighted by atomic mass is 27.1. The second kappa shape index (κ2) is 17.5. The molecule has 1 radical (unpaired) electrons. The molecule has 0 rings (SSSR count). The highest BCUT2D eigenvalue weighted by Crippen LogP contribution is 2.05. The zero-order chi connectivity index (χ0) is 14.2. The molecule has 1 N–H and O–H groups in total. The molecule has 0 aliphatic rings. The third kappa shape index (κ3) is 25.4. The maximum atomic E-state index is 8.42. The molecular weight excluding hydrogens is 235 g/mol. The standard InChI is InChI=1S/C8H18O.2C4H9.Al/c1-2-3-4-5-6-7-8-9;2*1-4(2)3;/h9H,2-8H2,1H3;2*4H,1H2,2-3H3;. The molecule has 0 saturated carbocycles. The maximum Gasteiger partial charge on any atom is 0.200 e. The Morgan fingerprint density at radius 2 is 1.22 bits per heavy atom. The summed E-state index contributed by atoms with van der Waals surface area (Å²) >= 11 is 0.755. The van der Waals surface area contributed by atoms with E-state index in [0.29, 0.717) is 6.61 Å². The van der Waals surface area contributed by atoms with E-state index in [0.717, 1.165) is 33.5 Å². The topological polar surface area (TPSA) is 20.2 Å². The van der Waals surface area contributed by atoms with Crippen LogP contribution in [0.15, 0.2) is 0 Å². The molecule has 0 saturated heterocycles. The van der Waals surface area contributed by atoms with E-state index in [2.05, 4.69) is 34.6 Å². The maximum absolute atomic E-state index is 8.42. The smallest absolute Gasteiger partial charge is 0.200 e. The van der Waals surface area contributed by atoms with Crippen LogP contribution in [0.25, 0.3) is 0 Å². The molecule has 0 unspecified atom stereocenters. The third-order valence-corrected chi connectivity index (χ3v) is 5.34. The lowest BCUT2D eigenvalue weighted by Gasteiger charge is -2.03. The molecule has 18 heavy (non-hydrogen) atoms. The molecule has 0 aromatic heterocycles. The summed E-state index contributed by atoms with van der Waals surface area (Å²) in [6.07, 6.45) is 7.50. The minimum absolute atomic E-state index is 0.367. The van der Waals surface area contributed by atoms with Crippen LogP contribution >= 0.6 is 0 Å². The summed E-state index contributed by atoms with van der Waals surface area (Å²) in [6, 6.07) is 0. The molecule has 0 aliphatic heterocycles. The predicted molar refractivity (Wildman–Crippen MR) is 85.5 cm³/mol. The van der Waals surface area contributed by atoms with E-state index < -0.39 is 0 Å². The van der Waals surface area contributed by atoms with Crippen molar-refractivity contribution < 1.29 is 5.11 Å². The van der Waals surface area contributed by atoms with E-state index in [1.54, 1.807) is 0 Å². The van der Waals surface area contributed by atoms with Gasteiger partial charge in [0.15, 0.2) is 0 Å². The molecular formula is C16H36AlO. The lowest BCUT2D eigenvalue weighted by atomic mass is 10.1. The van der Waals surface area contributed by atoms with Crippen LogP contribution in [0.4, 0.5) is 0 Å². The van der Waals surface area contributed by atoms with Crippen LogP contribution in [0, 0.1) is 11.8 Å². The largest absolute Gasteiger partial charge is 0.396 e. The lowest BCUT2D eigenvalue weighted by molar-refractivity contribution is 0.282. The summed E-state index contributed by atoms with van der Waals surface area (Å²) in [6.45, 7) is 11.8. The first-order chi connectivity index (χ1) is 8.54. The molecule has 0 aromatic rings. The van der Waals surface area contributed by atoms with Gasteiger partial charge in [-0.2, -0.15) is 0 Å². The Kier molecular flexibility index (Phi) is 20.2. The molecule has 0 spiro atoms. The van der Waals surface area contributed by atoms with Gasteiger partial charge in [-0.3, -0.25) is 0 Å². The van der Waals surface area contributed by atoms with Crippen LogP contribution in [-0.2, 0) is 0 Å².